The number of hydrogen-bond acceptors (Lipinski definition) is 9. The summed E-state index contributed by atoms with van der Waals surface area (Å²) in [5.41, 5.74) is -0.583. The standard InChI is InChI=1S/C44H53N3O7/c1-29(2)24-44(38(49)34(27-46-44)33(40(51)53-6)22-30-16-10-7-11-17-30)35-28-45-43(39(35)50,25-32-20-14-9-15-21-32)26-37(48)36(23-31-18-12-8-13-19-31)47-41(52)54-42(3,4)5/h7-21,27-29,33,36-37,45-46,48H,22-26H2,1-6H3,(H,47,52)/t33-,36+,37+,43+,44+/m1/s1. The second-order valence-corrected chi connectivity index (χ2v) is 15.8. The zero-order valence-electron chi connectivity index (χ0n) is 32.1. The molecule has 0 aliphatic carbocycles. The Morgan fingerprint density at radius 1 is 0.778 bits per heavy atom. The SMILES string of the molecule is COC(=O)[C@H](Cc1ccccc1)C1=CN[C@@](CC(C)C)(C2=CN[C@@](Cc3ccccc3)(C[C@H](O)[C@H](Cc3ccccc3)NC(=O)OC(C)(C)C)C2=O)C1=O. The molecule has 0 aromatic heterocycles. The molecule has 0 bridgehead atoms. The lowest BCUT2D eigenvalue weighted by Gasteiger charge is -2.37. The molecule has 54 heavy (non-hydrogen) atoms. The minimum atomic E-state index is -1.47. The van der Waals surface area contributed by atoms with Gasteiger partial charge in [-0.1, -0.05) is 105 Å². The lowest BCUT2D eigenvalue weighted by molar-refractivity contribution is -0.145. The third-order valence-corrected chi connectivity index (χ3v) is 9.99. The van der Waals surface area contributed by atoms with Crippen molar-refractivity contribution in [2.45, 2.75) is 95.5 Å². The molecule has 0 radical (unpaired) electrons. The molecule has 2 heterocycles. The predicted octanol–water partition coefficient (Wildman–Crippen LogP) is 5.78. The van der Waals surface area contributed by atoms with E-state index in [9.17, 15) is 19.5 Å². The van der Waals surface area contributed by atoms with Crippen molar-refractivity contribution in [2.75, 3.05) is 7.11 Å². The molecule has 1 amide bonds. The number of methoxy groups -OCH3 is 1. The van der Waals surface area contributed by atoms with Crippen molar-refractivity contribution in [3.8, 4) is 0 Å². The Hall–Kier alpha value is -5.22. The monoisotopic (exact) mass is 735 g/mol. The molecule has 286 valence electrons. The minimum Gasteiger partial charge on any atom is -0.469 e. The zero-order valence-corrected chi connectivity index (χ0v) is 32.1. The highest BCUT2D eigenvalue weighted by molar-refractivity contribution is 6.19. The van der Waals surface area contributed by atoms with E-state index < -0.39 is 46.8 Å². The average molecular weight is 736 g/mol. The van der Waals surface area contributed by atoms with Crippen molar-refractivity contribution in [2.24, 2.45) is 11.8 Å². The van der Waals surface area contributed by atoms with Crippen molar-refractivity contribution in [3.63, 3.8) is 0 Å². The summed E-state index contributed by atoms with van der Waals surface area (Å²) in [4.78, 5) is 56.3. The Labute approximate surface area is 318 Å². The van der Waals surface area contributed by atoms with Gasteiger partial charge in [-0.2, -0.15) is 0 Å². The number of aliphatic hydroxyl groups excluding tert-OH is 1. The fraction of sp³-hybridized carbons (Fsp3) is 0.409. The number of amides is 1. The Morgan fingerprint density at radius 2 is 1.33 bits per heavy atom. The molecule has 3 aromatic rings. The molecule has 4 N–H and O–H groups in total. The van der Waals surface area contributed by atoms with E-state index in [1.807, 2.05) is 105 Å². The van der Waals surface area contributed by atoms with E-state index in [1.165, 1.54) is 7.11 Å². The second kappa shape index (κ2) is 16.8. The summed E-state index contributed by atoms with van der Waals surface area (Å²) >= 11 is 0. The number of esters is 1. The molecular formula is C44H53N3O7. The maximum absolute atomic E-state index is 15.2. The highest BCUT2D eigenvalue weighted by Gasteiger charge is 2.57. The van der Waals surface area contributed by atoms with Crippen LogP contribution in [0.25, 0.3) is 0 Å². The number of ether oxygens (including phenoxy) is 2. The number of carbonyl (C=O) groups is 4. The highest BCUT2D eigenvalue weighted by atomic mass is 16.6. The van der Waals surface area contributed by atoms with Gasteiger partial charge in [0, 0.05) is 36.4 Å². The molecular weight excluding hydrogens is 682 g/mol. The summed E-state index contributed by atoms with van der Waals surface area (Å²) in [6.45, 7) is 9.24. The number of carbonyl (C=O) groups excluding carboxylic acids is 4. The van der Waals surface area contributed by atoms with Crippen LogP contribution in [-0.4, -0.2) is 64.7 Å². The van der Waals surface area contributed by atoms with Crippen LogP contribution < -0.4 is 16.0 Å². The summed E-state index contributed by atoms with van der Waals surface area (Å²) in [5.74, 6) is -2.20. The number of ketones is 2. The largest absolute Gasteiger partial charge is 0.469 e. The van der Waals surface area contributed by atoms with Gasteiger partial charge in [-0.25, -0.2) is 4.79 Å². The van der Waals surface area contributed by atoms with Gasteiger partial charge in [-0.3, -0.25) is 14.4 Å². The molecule has 0 fully saturated rings. The summed E-state index contributed by atoms with van der Waals surface area (Å²) < 4.78 is 10.8. The van der Waals surface area contributed by atoms with E-state index in [4.69, 9.17) is 9.47 Å². The van der Waals surface area contributed by atoms with Gasteiger partial charge in [0.25, 0.3) is 0 Å². The van der Waals surface area contributed by atoms with Gasteiger partial charge in [-0.15, -0.1) is 0 Å². The van der Waals surface area contributed by atoms with Crippen molar-refractivity contribution in [1.82, 2.24) is 16.0 Å². The number of hydrogen-bond donors (Lipinski definition) is 4. The zero-order chi connectivity index (χ0) is 39.1. The molecule has 2 aliphatic heterocycles. The minimum absolute atomic E-state index is 0.0309. The molecule has 0 saturated heterocycles. The number of nitrogens with one attached hydrogen (secondary N) is 3. The number of Topliss-reactive ketones (excluding diaryl/α,β-unsaturated/α-hetero) is 2. The molecule has 0 spiro atoms. The first kappa shape index (κ1) is 40.0. The van der Waals surface area contributed by atoms with E-state index in [0.29, 0.717) is 0 Å². The van der Waals surface area contributed by atoms with Crippen LogP contribution in [0.1, 0.15) is 64.2 Å². The maximum atomic E-state index is 15.2. The molecule has 10 heteroatoms. The number of rotatable bonds is 15. The Balaban J connectivity index is 1.50. The fourth-order valence-electron chi connectivity index (χ4n) is 7.55. The van der Waals surface area contributed by atoms with E-state index in [-0.39, 0.29) is 60.7 Å². The first-order chi connectivity index (χ1) is 25.7. The average Bonchev–Trinajstić information content (AvgIpc) is 3.62. The van der Waals surface area contributed by atoms with Crippen LogP contribution >= 0.6 is 0 Å². The van der Waals surface area contributed by atoms with Gasteiger partial charge < -0.3 is 30.5 Å². The molecule has 0 saturated carbocycles. The third kappa shape index (κ3) is 9.28. The van der Waals surface area contributed by atoms with Gasteiger partial charge in [-0.05, 0) is 62.6 Å². The van der Waals surface area contributed by atoms with Crippen LogP contribution in [0.2, 0.25) is 0 Å². The molecule has 5 atom stereocenters. The highest BCUT2D eigenvalue weighted by Crippen LogP contribution is 2.42. The Morgan fingerprint density at radius 3 is 1.87 bits per heavy atom. The molecule has 0 unspecified atom stereocenters. The van der Waals surface area contributed by atoms with E-state index in [0.717, 1.165) is 16.7 Å². The molecule has 3 aromatic carbocycles. The Bertz CT molecular complexity index is 1850. The van der Waals surface area contributed by atoms with Crippen LogP contribution in [0.4, 0.5) is 4.79 Å². The normalized spacial score (nSPS) is 21.3. The summed E-state index contributed by atoms with van der Waals surface area (Å²) in [5, 5.41) is 21.6. The van der Waals surface area contributed by atoms with Crippen LogP contribution in [0.15, 0.2) is 115 Å². The van der Waals surface area contributed by atoms with Crippen LogP contribution in [-0.2, 0) is 43.1 Å². The quantitative estimate of drug-likeness (QED) is 0.143. The van der Waals surface area contributed by atoms with Gasteiger partial charge in [0.05, 0.1) is 25.2 Å². The summed E-state index contributed by atoms with van der Waals surface area (Å²) in [6, 6.07) is 27.5. The lowest BCUT2D eigenvalue weighted by atomic mass is 9.71. The first-order valence-corrected chi connectivity index (χ1v) is 18.6. The van der Waals surface area contributed by atoms with Crippen LogP contribution in [0.5, 0.6) is 0 Å². The second-order valence-electron chi connectivity index (χ2n) is 15.8. The third-order valence-electron chi connectivity index (χ3n) is 9.99. The number of aliphatic hydroxyl groups is 1. The molecule has 2 aliphatic rings. The predicted molar refractivity (Wildman–Crippen MR) is 207 cm³/mol. The van der Waals surface area contributed by atoms with Crippen molar-refractivity contribution in [1.29, 1.82) is 0 Å². The van der Waals surface area contributed by atoms with Crippen molar-refractivity contribution >= 4 is 23.6 Å². The first-order valence-electron chi connectivity index (χ1n) is 18.6. The topological polar surface area (TPSA) is 143 Å². The lowest BCUT2D eigenvalue weighted by Crippen LogP contribution is -2.57. The van der Waals surface area contributed by atoms with E-state index in [2.05, 4.69) is 16.0 Å². The van der Waals surface area contributed by atoms with Crippen molar-refractivity contribution < 1.29 is 33.8 Å². The van der Waals surface area contributed by atoms with E-state index in [1.54, 1.807) is 33.2 Å². The Kier molecular flexibility index (Phi) is 12.5. The van der Waals surface area contributed by atoms with E-state index >= 15 is 4.79 Å². The van der Waals surface area contributed by atoms with Crippen LogP contribution in [0.3, 0.4) is 0 Å². The summed E-state index contributed by atoms with van der Waals surface area (Å²) in [7, 11) is 1.30. The molecule has 5 rings (SSSR count). The smallest absolute Gasteiger partial charge is 0.407 e. The van der Waals surface area contributed by atoms with Gasteiger partial charge in [0.2, 0.25) is 0 Å². The number of alkyl carbamates (subject to hydrolysis) is 1. The maximum Gasteiger partial charge on any atom is 0.407 e. The molecule has 10 nitrogen and oxygen atoms in total. The summed E-state index contributed by atoms with van der Waals surface area (Å²) in [6.07, 6.45) is 2.14. The fourth-order valence-corrected chi connectivity index (χ4v) is 7.55. The van der Waals surface area contributed by atoms with Gasteiger partial charge in [0.1, 0.15) is 16.7 Å². The van der Waals surface area contributed by atoms with Gasteiger partial charge >= 0.3 is 12.1 Å². The van der Waals surface area contributed by atoms with Crippen LogP contribution in [0, 0.1) is 11.8 Å². The van der Waals surface area contributed by atoms with Gasteiger partial charge in [0.15, 0.2) is 11.6 Å². The number of benzene rings is 3. The van der Waals surface area contributed by atoms with Crippen molar-refractivity contribution in [3.05, 3.63) is 131 Å².